The van der Waals surface area contributed by atoms with E-state index in [1.54, 1.807) is 6.33 Å². The van der Waals surface area contributed by atoms with Gasteiger partial charge in [-0.3, -0.25) is 0 Å². The average molecular weight is 218 g/mol. The molecule has 5 nitrogen and oxygen atoms in total. The average Bonchev–Trinajstić information content (AvgIpc) is 2.67. The van der Waals surface area contributed by atoms with Crippen molar-refractivity contribution in [1.82, 2.24) is 15.0 Å². The van der Waals surface area contributed by atoms with Crippen molar-refractivity contribution in [3.05, 3.63) is 18.1 Å². The minimum absolute atomic E-state index is 0.214. The predicted octanol–water partition coefficient (Wildman–Crippen LogP) is 0.701. The fraction of sp³-hybridized carbons (Fsp3) is 0.455. The molecule has 5 heteroatoms. The normalized spacial score (nSPS) is 16.8. The molecule has 1 aliphatic rings. The van der Waals surface area contributed by atoms with Crippen LogP contribution < -0.4 is 4.90 Å². The molecule has 0 radical (unpaired) electrons. The second kappa shape index (κ2) is 3.45. The molecule has 16 heavy (non-hydrogen) atoms. The van der Waals surface area contributed by atoms with Crippen LogP contribution in [0.25, 0.3) is 11.0 Å². The maximum Gasteiger partial charge on any atom is 0.143 e. The lowest BCUT2D eigenvalue weighted by molar-refractivity contribution is 0.141. The molecule has 0 saturated carbocycles. The lowest BCUT2D eigenvalue weighted by Crippen LogP contribution is -2.51. The Kier molecular flexibility index (Phi) is 2.07. The van der Waals surface area contributed by atoms with Crippen molar-refractivity contribution in [1.29, 1.82) is 0 Å². The van der Waals surface area contributed by atoms with Gasteiger partial charge in [0.15, 0.2) is 0 Å². The minimum Gasteiger partial charge on any atom is -0.389 e. The molecule has 0 aliphatic carbocycles. The SMILES string of the molecule is CCc1c[nH]c2ncnc(N3CC(O)C3)c12. The first-order valence-electron chi connectivity index (χ1n) is 5.53. The monoisotopic (exact) mass is 218 g/mol. The molecule has 2 aromatic rings. The Morgan fingerprint density at radius 2 is 2.31 bits per heavy atom. The molecule has 3 heterocycles. The number of nitrogens with zero attached hydrogens (tertiary/aromatic N) is 3. The van der Waals surface area contributed by atoms with Crippen LogP contribution in [0, 0.1) is 0 Å². The molecule has 0 atom stereocenters. The lowest BCUT2D eigenvalue weighted by atomic mass is 10.1. The smallest absolute Gasteiger partial charge is 0.143 e. The Balaban J connectivity index is 2.12. The number of hydrogen-bond acceptors (Lipinski definition) is 4. The van der Waals surface area contributed by atoms with E-state index in [-0.39, 0.29) is 6.10 Å². The number of nitrogens with one attached hydrogen (secondary N) is 1. The number of H-pyrrole nitrogens is 1. The number of anilines is 1. The van der Waals surface area contributed by atoms with Crippen LogP contribution in [0.5, 0.6) is 0 Å². The Morgan fingerprint density at radius 3 is 3.00 bits per heavy atom. The quantitative estimate of drug-likeness (QED) is 0.778. The number of rotatable bonds is 2. The molecular weight excluding hydrogens is 204 g/mol. The molecule has 2 N–H and O–H groups in total. The Bertz CT molecular complexity index is 516. The van der Waals surface area contributed by atoms with Gasteiger partial charge in [0.1, 0.15) is 17.8 Å². The molecule has 1 fully saturated rings. The molecule has 0 unspecified atom stereocenters. The summed E-state index contributed by atoms with van der Waals surface area (Å²) < 4.78 is 0. The number of aliphatic hydroxyl groups excluding tert-OH is 1. The van der Waals surface area contributed by atoms with Crippen LogP contribution in [-0.4, -0.2) is 39.3 Å². The Labute approximate surface area is 93.1 Å². The fourth-order valence-electron chi connectivity index (χ4n) is 2.16. The summed E-state index contributed by atoms with van der Waals surface area (Å²) in [7, 11) is 0. The van der Waals surface area contributed by atoms with E-state index in [2.05, 4.69) is 26.8 Å². The van der Waals surface area contributed by atoms with Crippen molar-refractivity contribution in [2.75, 3.05) is 18.0 Å². The highest BCUT2D eigenvalue weighted by atomic mass is 16.3. The summed E-state index contributed by atoms with van der Waals surface area (Å²) in [6.45, 7) is 3.45. The van der Waals surface area contributed by atoms with Gasteiger partial charge in [-0.15, -0.1) is 0 Å². The van der Waals surface area contributed by atoms with Crippen molar-refractivity contribution in [3.63, 3.8) is 0 Å². The van der Waals surface area contributed by atoms with Crippen LogP contribution in [0.4, 0.5) is 5.82 Å². The maximum absolute atomic E-state index is 9.34. The third-order valence-electron chi connectivity index (χ3n) is 3.07. The van der Waals surface area contributed by atoms with Crippen molar-refractivity contribution in [2.24, 2.45) is 0 Å². The second-order valence-electron chi connectivity index (χ2n) is 4.15. The summed E-state index contributed by atoms with van der Waals surface area (Å²) in [5.74, 6) is 0.938. The number of aryl methyl sites for hydroxylation is 1. The Morgan fingerprint density at radius 1 is 1.50 bits per heavy atom. The van der Waals surface area contributed by atoms with Crippen LogP contribution in [0.1, 0.15) is 12.5 Å². The van der Waals surface area contributed by atoms with Gasteiger partial charge in [-0.05, 0) is 12.0 Å². The van der Waals surface area contributed by atoms with Crippen LogP contribution in [-0.2, 0) is 6.42 Å². The van der Waals surface area contributed by atoms with Gasteiger partial charge < -0.3 is 15.0 Å². The summed E-state index contributed by atoms with van der Waals surface area (Å²) in [4.78, 5) is 13.8. The van der Waals surface area contributed by atoms with Crippen LogP contribution in [0.2, 0.25) is 0 Å². The van der Waals surface area contributed by atoms with Crippen molar-refractivity contribution >= 4 is 16.9 Å². The fourth-order valence-corrected chi connectivity index (χ4v) is 2.16. The van der Waals surface area contributed by atoms with E-state index >= 15 is 0 Å². The van der Waals surface area contributed by atoms with E-state index in [1.807, 2.05) is 6.20 Å². The number of aromatic nitrogens is 3. The van der Waals surface area contributed by atoms with E-state index in [1.165, 1.54) is 5.56 Å². The van der Waals surface area contributed by atoms with E-state index in [9.17, 15) is 5.11 Å². The van der Waals surface area contributed by atoms with E-state index < -0.39 is 0 Å². The molecule has 84 valence electrons. The Hall–Kier alpha value is -1.62. The number of β-amino-alcohol motifs (C(OH)–C–C–N with tert-alkyl or cyclic N) is 1. The standard InChI is InChI=1S/C11H14N4O/c1-2-7-3-12-10-9(7)11(14-6-13-10)15-4-8(16)5-15/h3,6,8,16H,2,4-5H2,1H3,(H,12,13,14). The third kappa shape index (κ3) is 1.28. The number of aromatic amines is 1. The zero-order valence-electron chi connectivity index (χ0n) is 9.14. The maximum atomic E-state index is 9.34. The van der Waals surface area contributed by atoms with Gasteiger partial charge in [-0.25, -0.2) is 9.97 Å². The first-order chi connectivity index (χ1) is 7.79. The highest BCUT2D eigenvalue weighted by molar-refractivity contribution is 5.91. The largest absolute Gasteiger partial charge is 0.389 e. The first-order valence-corrected chi connectivity index (χ1v) is 5.53. The molecule has 2 aromatic heterocycles. The minimum atomic E-state index is -0.214. The summed E-state index contributed by atoms with van der Waals surface area (Å²) in [5.41, 5.74) is 2.11. The van der Waals surface area contributed by atoms with E-state index in [0.717, 1.165) is 23.3 Å². The highest BCUT2D eigenvalue weighted by Crippen LogP contribution is 2.29. The number of hydrogen-bond donors (Lipinski definition) is 2. The zero-order chi connectivity index (χ0) is 11.1. The topological polar surface area (TPSA) is 65.0 Å². The summed E-state index contributed by atoms with van der Waals surface area (Å²) in [6, 6.07) is 0. The molecule has 1 aliphatic heterocycles. The molecule has 1 saturated heterocycles. The van der Waals surface area contributed by atoms with E-state index in [0.29, 0.717) is 13.1 Å². The molecule has 0 amide bonds. The lowest BCUT2D eigenvalue weighted by Gasteiger charge is -2.37. The summed E-state index contributed by atoms with van der Waals surface area (Å²) in [5, 5.41) is 10.4. The van der Waals surface area contributed by atoms with Crippen molar-refractivity contribution in [2.45, 2.75) is 19.4 Å². The van der Waals surface area contributed by atoms with Crippen LogP contribution in [0.3, 0.4) is 0 Å². The summed E-state index contributed by atoms with van der Waals surface area (Å²) >= 11 is 0. The predicted molar refractivity (Wildman–Crippen MR) is 61.5 cm³/mol. The zero-order valence-corrected chi connectivity index (χ0v) is 9.14. The first kappa shape index (κ1) is 9.59. The third-order valence-corrected chi connectivity index (χ3v) is 3.07. The highest BCUT2D eigenvalue weighted by Gasteiger charge is 2.27. The van der Waals surface area contributed by atoms with Crippen LogP contribution >= 0.6 is 0 Å². The van der Waals surface area contributed by atoms with Gasteiger partial charge in [0, 0.05) is 19.3 Å². The van der Waals surface area contributed by atoms with Gasteiger partial charge in [-0.2, -0.15) is 0 Å². The van der Waals surface area contributed by atoms with Gasteiger partial charge in [0.25, 0.3) is 0 Å². The molecular formula is C11H14N4O. The molecule has 0 spiro atoms. The molecule has 0 aromatic carbocycles. The molecule has 3 rings (SSSR count). The number of aliphatic hydroxyl groups is 1. The van der Waals surface area contributed by atoms with Crippen molar-refractivity contribution in [3.8, 4) is 0 Å². The van der Waals surface area contributed by atoms with Gasteiger partial charge >= 0.3 is 0 Å². The van der Waals surface area contributed by atoms with E-state index in [4.69, 9.17) is 0 Å². The molecule has 0 bridgehead atoms. The van der Waals surface area contributed by atoms with Gasteiger partial charge in [0.2, 0.25) is 0 Å². The van der Waals surface area contributed by atoms with Crippen molar-refractivity contribution < 1.29 is 5.11 Å². The van der Waals surface area contributed by atoms with Gasteiger partial charge in [-0.1, -0.05) is 6.92 Å². The van der Waals surface area contributed by atoms with Gasteiger partial charge in [0.05, 0.1) is 11.5 Å². The number of fused-ring (bicyclic) bond motifs is 1. The van der Waals surface area contributed by atoms with Crippen LogP contribution in [0.15, 0.2) is 12.5 Å². The summed E-state index contributed by atoms with van der Waals surface area (Å²) in [6.07, 6.45) is 4.29. The second-order valence-corrected chi connectivity index (χ2v) is 4.15.